The lowest BCUT2D eigenvalue weighted by Gasteiger charge is -1.47. The molecule has 0 bridgehead atoms. The lowest BCUT2D eigenvalue weighted by Crippen LogP contribution is -1.31. The molecule has 0 atom stereocenters. The van der Waals surface area contributed by atoms with Crippen LogP contribution in [-0.2, 0) is 0 Å². The first-order chi connectivity index (χ1) is 2.83. The van der Waals surface area contributed by atoms with Crippen LogP contribution < -0.4 is 0 Å². The van der Waals surface area contributed by atoms with Crippen LogP contribution in [-0.4, -0.2) is 16.0 Å². The summed E-state index contributed by atoms with van der Waals surface area (Å²) >= 11 is 6.44. The van der Waals surface area contributed by atoms with Crippen LogP contribution in [0.2, 0.25) is 0 Å². The van der Waals surface area contributed by atoms with Crippen molar-refractivity contribution in [1.29, 1.82) is 0 Å². The molecule has 0 N–H and O–H groups in total. The van der Waals surface area contributed by atoms with Gasteiger partial charge in [-0.05, 0) is 6.42 Å². The second-order valence-electron chi connectivity index (χ2n) is 0.678. The summed E-state index contributed by atoms with van der Waals surface area (Å²) < 4.78 is 0. The van der Waals surface area contributed by atoms with Crippen molar-refractivity contribution < 1.29 is 0 Å². The van der Waals surface area contributed by atoms with Gasteiger partial charge < -0.3 is 0 Å². The van der Waals surface area contributed by atoms with Gasteiger partial charge in [-0.25, -0.2) is 0 Å². The monoisotopic (exact) mass is 225 g/mol. The maximum Gasteiger partial charge on any atom is 0.560 e. The zero-order valence-electron chi connectivity index (χ0n) is 4.04. The van der Waals surface area contributed by atoms with Crippen LogP contribution in [0.25, 0.3) is 0 Å². The van der Waals surface area contributed by atoms with E-state index in [4.69, 9.17) is 0 Å². The molecule has 1 radical (unpaired) electrons. The van der Waals surface area contributed by atoms with Crippen molar-refractivity contribution in [2.24, 2.45) is 0 Å². The Labute approximate surface area is 61.5 Å². The van der Waals surface area contributed by atoms with Gasteiger partial charge in [-0.1, -0.05) is 13.8 Å². The van der Waals surface area contributed by atoms with Crippen molar-refractivity contribution in [2.45, 2.75) is 13.8 Å². The van der Waals surface area contributed by atoms with E-state index < -0.39 is 0 Å². The summed E-state index contributed by atoms with van der Waals surface area (Å²) in [5.41, 5.74) is 0. The third-order valence-electron chi connectivity index (χ3n) is 0. The van der Waals surface area contributed by atoms with Gasteiger partial charge in [0.05, 0.1) is 0 Å². The highest BCUT2D eigenvalue weighted by atomic mass is 79.9. The van der Waals surface area contributed by atoms with E-state index in [1.165, 1.54) is 0 Å². The number of halogens is 2. The average Bonchev–Trinajstić information content (AvgIpc) is 1.39. The molecule has 0 fully saturated rings. The molecule has 0 saturated heterocycles. The highest BCUT2D eigenvalue weighted by Gasteiger charge is 1.62. The van der Waals surface area contributed by atoms with E-state index in [-0.39, 0.29) is 16.0 Å². The van der Waals surface area contributed by atoms with Crippen LogP contribution in [0.5, 0.6) is 0 Å². The first kappa shape index (κ1) is 10.7. The molecule has 0 aromatic carbocycles. The van der Waals surface area contributed by atoms with E-state index in [0.29, 0.717) is 0 Å². The van der Waals surface area contributed by atoms with Gasteiger partial charge in [0.1, 0.15) is 0 Å². The summed E-state index contributed by atoms with van der Waals surface area (Å²) in [5, 5.41) is 0. The zero-order valence-corrected chi connectivity index (χ0v) is 8.63. The van der Waals surface area contributed by atoms with Gasteiger partial charge >= 0.3 is 16.0 Å². The summed E-state index contributed by atoms with van der Waals surface area (Å²) in [6, 6.07) is 0. The zero-order chi connectivity index (χ0) is 5.41. The first-order valence-corrected chi connectivity index (χ1v) is 9.49. The Morgan fingerprint density at radius 3 is 1.33 bits per heavy atom. The lowest BCUT2D eigenvalue weighted by molar-refractivity contribution is 1.41. The standard InChI is InChI=1S/C3H7.2BrH.Mg/c1-3-2;;;/h3H,1-2H3;2*1H;/q;;;+2/p-2. The van der Waals surface area contributed by atoms with E-state index in [2.05, 4.69) is 25.8 Å². The minimum absolute atomic E-state index is 0.0417. The maximum atomic E-state index is 3.20. The molecule has 0 rings (SSSR count). The second-order valence-corrected chi connectivity index (χ2v) is 8.76. The Hall–Kier alpha value is 1.73. The number of hydrogen-bond acceptors (Lipinski definition) is 0. The number of hydrogen-bond donors (Lipinski definition) is 0. The van der Waals surface area contributed by atoms with Crippen molar-refractivity contribution in [3.63, 3.8) is 0 Å². The topological polar surface area (TPSA) is 0 Å². The average molecular weight is 227 g/mol. The van der Waals surface area contributed by atoms with Gasteiger partial charge in [0.2, 0.25) is 0 Å². The SMILES string of the molecule is C[CH]C.[Br][Mg][Br]. The maximum absolute atomic E-state index is 3.20. The fraction of sp³-hybridized carbons (Fsp3) is 0.667. The van der Waals surface area contributed by atoms with Crippen LogP contribution >= 0.6 is 25.8 Å². The highest BCUT2D eigenvalue weighted by molar-refractivity contribution is 9.47. The van der Waals surface area contributed by atoms with Crippen LogP contribution in [0.1, 0.15) is 13.8 Å². The smallest absolute Gasteiger partial charge is 0.280 e. The van der Waals surface area contributed by atoms with Crippen LogP contribution in [0.15, 0.2) is 0 Å². The predicted octanol–water partition coefficient (Wildman–Crippen LogP) is 2.54. The molecule has 0 aromatic rings. The van der Waals surface area contributed by atoms with E-state index in [1.54, 1.807) is 0 Å². The molecule has 0 spiro atoms. The largest absolute Gasteiger partial charge is 0.560 e. The Balaban J connectivity index is 0. The molecule has 35 valence electrons. The second kappa shape index (κ2) is 15.9. The molecule has 0 unspecified atom stereocenters. The third kappa shape index (κ3) is 42.9. The molecule has 0 aliphatic rings. The third-order valence-corrected chi connectivity index (χ3v) is 0. The predicted molar refractivity (Wildman–Crippen MR) is 39.3 cm³/mol. The Bertz CT molecular complexity index is 10.8. The van der Waals surface area contributed by atoms with Gasteiger partial charge in [0, 0.05) is 0 Å². The van der Waals surface area contributed by atoms with E-state index in [9.17, 15) is 0 Å². The molecular weight excluding hydrogens is 220 g/mol. The fourth-order valence-electron chi connectivity index (χ4n) is 0. The Kier molecular flexibility index (Phi) is 28.2. The molecular formula is C3H7Br2Mg. The Morgan fingerprint density at radius 2 is 1.33 bits per heavy atom. The van der Waals surface area contributed by atoms with E-state index in [0.717, 1.165) is 0 Å². The minimum Gasteiger partial charge on any atom is -0.280 e. The molecule has 0 nitrogen and oxygen atoms in total. The molecule has 0 saturated carbocycles. The summed E-state index contributed by atoms with van der Waals surface area (Å²) in [6.07, 6.45) is 2.00. The highest BCUT2D eigenvalue weighted by Crippen LogP contribution is 1.77. The van der Waals surface area contributed by atoms with Gasteiger partial charge in [-0.2, -0.15) is 0 Å². The number of rotatable bonds is 0. The van der Waals surface area contributed by atoms with E-state index in [1.807, 2.05) is 20.3 Å². The summed E-state index contributed by atoms with van der Waals surface area (Å²) in [6.45, 7) is 4.00. The first-order valence-electron chi connectivity index (χ1n) is 1.69. The van der Waals surface area contributed by atoms with Crippen LogP contribution in [0.3, 0.4) is 0 Å². The molecule has 0 heterocycles. The summed E-state index contributed by atoms with van der Waals surface area (Å²) in [7, 11) is 0. The van der Waals surface area contributed by atoms with Crippen LogP contribution in [0.4, 0.5) is 0 Å². The summed E-state index contributed by atoms with van der Waals surface area (Å²) in [4.78, 5) is 0. The summed E-state index contributed by atoms with van der Waals surface area (Å²) in [5.74, 6) is 0. The molecule has 6 heavy (non-hydrogen) atoms. The van der Waals surface area contributed by atoms with E-state index >= 15 is 0 Å². The Morgan fingerprint density at radius 1 is 1.33 bits per heavy atom. The lowest BCUT2D eigenvalue weighted by atomic mass is 10.6. The van der Waals surface area contributed by atoms with Crippen molar-refractivity contribution >= 4 is 41.8 Å². The molecule has 0 aromatic heterocycles. The molecule has 0 amide bonds. The van der Waals surface area contributed by atoms with Gasteiger partial charge in [0.15, 0.2) is 0 Å². The van der Waals surface area contributed by atoms with Crippen LogP contribution in [0, 0.1) is 6.42 Å². The fourth-order valence-corrected chi connectivity index (χ4v) is 0. The normalized spacial score (nSPS) is 4.67. The van der Waals surface area contributed by atoms with Crippen molar-refractivity contribution in [3.8, 4) is 0 Å². The van der Waals surface area contributed by atoms with Crippen molar-refractivity contribution in [1.82, 2.24) is 0 Å². The minimum atomic E-state index is 0.0417. The van der Waals surface area contributed by atoms with Gasteiger partial charge in [0.25, 0.3) is 0 Å². The quantitative estimate of drug-likeness (QED) is 0.558. The van der Waals surface area contributed by atoms with Crippen molar-refractivity contribution in [2.75, 3.05) is 0 Å². The van der Waals surface area contributed by atoms with Gasteiger partial charge in [-0.15, -0.1) is 0 Å². The van der Waals surface area contributed by atoms with Gasteiger partial charge in [-0.3, -0.25) is 25.8 Å². The molecule has 3 heteroatoms. The van der Waals surface area contributed by atoms with Crippen molar-refractivity contribution in [3.05, 3.63) is 6.42 Å². The molecule has 0 aliphatic heterocycles. The molecule has 0 aliphatic carbocycles.